The van der Waals surface area contributed by atoms with Crippen molar-refractivity contribution >= 4 is 34.3 Å². The number of amides is 1. The first-order chi connectivity index (χ1) is 17.7. The van der Waals surface area contributed by atoms with Crippen LogP contribution in [-0.2, 0) is 16.6 Å². The normalized spacial score (nSPS) is 21.6. The van der Waals surface area contributed by atoms with Gasteiger partial charge in [-0.1, -0.05) is 0 Å². The van der Waals surface area contributed by atoms with Crippen molar-refractivity contribution in [2.75, 3.05) is 22.9 Å². The van der Waals surface area contributed by atoms with Crippen molar-refractivity contribution in [3.05, 3.63) is 43.1 Å². The largest absolute Gasteiger partial charge is 0.387 e. The molecule has 1 saturated heterocycles. The quantitative estimate of drug-likeness (QED) is 0.236. The number of fused-ring (bicyclic) bond motifs is 1. The van der Waals surface area contributed by atoms with E-state index < -0.39 is 43.4 Å². The summed E-state index contributed by atoms with van der Waals surface area (Å²) in [4.78, 5) is 25.2. The van der Waals surface area contributed by atoms with E-state index in [4.69, 9.17) is 10.5 Å². The molecule has 4 atom stereocenters. The molecule has 5 rings (SSSR count). The number of halogens is 2. The van der Waals surface area contributed by atoms with Crippen molar-refractivity contribution < 1.29 is 28.5 Å². The number of aliphatic hydroxyl groups is 2. The highest BCUT2D eigenvalue weighted by molar-refractivity contribution is 6.00. The van der Waals surface area contributed by atoms with Crippen molar-refractivity contribution in [3.8, 4) is 11.3 Å². The maximum atomic E-state index is 12.9. The van der Waals surface area contributed by atoms with Gasteiger partial charge in [0.25, 0.3) is 12.3 Å². The second-order valence-electron chi connectivity index (χ2n) is 8.40. The van der Waals surface area contributed by atoms with Gasteiger partial charge in [-0.25, -0.2) is 23.7 Å². The minimum Gasteiger partial charge on any atom is -0.387 e. The van der Waals surface area contributed by atoms with Crippen LogP contribution in [0.2, 0.25) is 0 Å². The first kappa shape index (κ1) is 24.5. The third-order valence-corrected chi connectivity index (χ3v) is 5.87. The summed E-state index contributed by atoms with van der Waals surface area (Å²) in [6.07, 6.45) is -2.42. The lowest BCUT2D eigenvalue weighted by Crippen LogP contribution is -2.39. The molecule has 1 amide bonds. The van der Waals surface area contributed by atoms with E-state index in [9.17, 15) is 23.8 Å². The molecule has 0 bridgehead atoms. The molecule has 6 N–H and O–H groups in total. The number of alkyl halides is 2. The second-order valence-corrected chi connectivity index (χ2v) is 8.40. The number of anilines is 3. The number of hydrogen-bond donors (Lipinski definition) is 5. The average molecular weight is 515 g/mol. The molecule has 0 radical (unpaired) electrons. The zero-order valence-electron chi connectivity index (χ0n) is 19.4. The molecule has 37 heavy (non-hydrogen) atoms. The van der Waals surface area contributed by atoms with Crippen LogP contribution in [0.4, 0.5) is 26.1 Å². The van der Waals surface area contributed by atoms with Gasteiger partial charge in [0.2, 0.25) is 0 Å². The number of nitrogens with two attached hydrogens (primary N) is 1. The van der Waals surface area contributed by atoms with Gasteiger partial charge in [0.05, 0.1) is 17.6 Å². The van der Waals surface area contributed by atoms with Crippen molar-refractivity contribution in [2.24, 2.45) is 7.05 Å². The van der Waals surface area contributed by atoms with E-state index in [1.165, 1.54) is 29.2 Å². The number of aliphatic hydroxyl groups excluding tert-OH is 2. The third-order valence-electron chi connectivity index (χ3n) is 5.87. The van der Waals surface area contributed by atoms with Gasteiger partial charge < -0.3 is 35.9 Å². The van der Waals surface area contributed by atoms with Gasteiger partial charge >= 0.3 is 0 Å². The van der Waals surface area contributed by atoms with Crippen LogP contribution in [0.1, 0.15) is 6.23 Å². The fraction of sp³-hybridized carbons (Fsp3) is 0.318. The number of nitrogens with one attached hydrogen (secondary N) is 2. The molecule has 0 saturated carbocycles. The highest BCUT2D eigenvalue weighted by Gasteiger charge is 2.48. The molecule has 5 heterocycles. The molecule has 1 aliphatic heterocycles. The Kier molecular flexibility index (Phi) is 6.41. The number of ether oxygens (including phenoxy) is 1. The van der Waals surface area contributed by atoms with Crippen LogP contribution in [0.5, 0.6) is 0 Å². The van der Waals surface area contributed by atoms with Crippen molar-refractivity contribution in [3.63, 3.8) is 0 Å². The summed E-state index contributed by atoms with van der Waals surface area (Å²) in [7, 11) is 1.76. The van der Waals surface area contributed by atoms with E-state index in [0.717, 1.165) is 0 Å². The molecule has 4 aromatic heterocycles. The predicted octanol–water partition coefficient (Wildman–Crippen LogP) is 0.744. The first-order valence-corrected chi connectivity index (χ1v) is 11.1. The fourth-order valence-corrected chi connectivity index (χ4v) is 4.16. The maximum Gasteiger partial charge on any atom is 0.257 e. The molecule has 0 aliphatic carbocycles. The highest BCUT2D eigenvalue weighted by Crippen LogP contribution is 2.38. The summed E-state index contributed by atoms with van der Waals surface area (Å²) in [6.45, 7) is -0.574. The van der Waals surface area contributed by atoms with E-state index in [2.05, 4.69) is 30.7 Å². The van der Waals surface area contributed by atoms with Gasteiger partial charge in [-0.3, -0.25) is 9.48 Å². The SMILES string of the molecule is Cn1ccc(-c2cn([C@@H]3O[C@H](C(=O)Nc4cc(NCC(F)F)ccn4)[C@@H](O)[C@H]3O)c3ncnc(N)c23)n1. The zero-order valence-corrected chi connectivity index (χ0v) is 19.4. The Balaban J connectivity index is 1.41. The molecule has 15 heteroatoms. The fourth-order valence-electron chi connectivity index (χ4n) is 4.16. The number of pyridine rings is 1. The highest BCUT2D eigenvalue weighted by atomic mass is 19.3. The molecule has 1 fully saturated rings. The van der Waals surface area contributed by atoms with Crippen LogP contribution in [0.25, 0.3) is 22.3 Å². The van der Waals surface area contributed by atoms with Crippen LogP contribution in [-0.4, -0.2) is 76.7 Å². The third kappa shape index (κ3) is 4.66. The number of rotatable bonds is 7. The number of aryl methyl sites for hydroxylation is 1. The topological polar surface area (TPSA) is 178 Å². The molecule has 4 aromatic rings. The van der Waals surface area contributed by atoms with Crippen LogP contribution in [0.15, 0.2) is 43.1 Å². The van der Waals surface area contributed by atoms with Gasteiger partial charge in [-0.05, 0) is 12.1 Å². The summed E-state index contributed by atoms with van der Waals surface area (Å²) >= 11 is 0. The van der Waals surface area contributed by atoms with Crippen molar-refractivity contribution in [1.82, 2.24) is 29.3 Å². The molecule has 0 unspecified atom stereocenters. The van der Waals surface area contributed by atoms with E-state index in [1.807, 2.05) is 0 Å². The maximum absolute atomic E-state index is 12.9. The van der Waals surface area contributed by atoms with Gasteiger partial charge in [0.15, 0.2) is 12.3 Å². The Labute approximate surface area is 207 Å². The number of carbonyl (C=O) groups is 1. The monoisotopic (exact) mass is 515 g/mol. The standard InChI is InChI=1S/C22H23F2N9O4/c1-32-5-3-12(31-32)11-8-33(20-15(11)19(25)28-9-29-20)22-17(35)16(34)18(37-22)21(36)30-14-6-10(2-4-26-14)27-7-13(23)24/h2-6,8-9,13,16-18,22,34-35H,7H2,1H3,(H2,25,28,29)(H2,26,27,30,36)/t16-,17+,18-,22+/m0/s1. The second kappa shape index (κ2) is 9.68. The number of aromatic nitrogens is 6. The molecular formula is C22H23F2N9O4. The minimum atomic E-state index is -2.56. The summed E-state index contributed by atoms with van der Waals surface area (Å²) in [5, 5.41) is 31.3. The Morgan fingerprint density at radius 1 is 1.24 bits per heavy atom. The lowest BCUT2D eigenvalue weighted by atomic mass is 10.1. The van der Waals surface area contributed by atoms with Crippen molar-refractivity contribution in [2.45, 2.75) is 31.0 Å². The van der Waals surface area contributed by atoms with Crippen LogP contribution < -0.4 is 16.4 Å². The number of hydrogen-bond acceptors (Lipinski definition) is 10. The van der Waals surface area contributed by atoms with E-state index in [-0.39, 0.29) is 11.6 Å². The molecule has 1 aliphatic rings. The van der Waals surface area contributed by atoms with Crippen LogP contribution in [0.3, 0.4) is 0 Å². The number of carbonyl (C=O) groups excluding carboxylic acids is 1. The van der Waals surface area contributed by atoms with E-state index >= 15 is 0 Å². The Hall–Kier alpha value is -4.21. The summed E-state index contributed by atoms with van der Waals surface area (Å²) < 4.78 is 33.8. The Bertz CT molecular complexity index is 1440. The minimum absolute atomic E-state index is 0.0439. The van der Waals surface area contributed by atoms with Crippen LogP contribution in [0, 0.1) is 0 Å². The smallest absolute Gasteiger partial charge is 0.257 e. The molecule has 0 aromatic carbocycles. The molecule has 0 spiro atoms. The molecular weight excluding hydrogens is 492 g/mol. The number of nitrogens with zero attached hydrogens (tertiary/aromatic N) is 6. The summed E-state index contributed by atoms with van der Waals surface area (Å²) in [5.74, 6) is -0.566. The van der Waals surface area contributed by atoms with Gasteiger partial charge in [-0.15, -0.1) is 0 Å². The lowest BCUT2D eigenvalue weighted by Gasteiger charge is -2.17. The molecule has 194 valence electrons. The molecule has 13 nitrogen and oxygen atoms in total. The summed E-state index contributed by atoms with van der Waals surface area (Å²) in [5.41, 5.74) is 7.89. The van der Waals surface area contributed by atoms with Gasteiger partial charge in [0, 0.05) is 43.0 Å². The number of nitrogen functional groups attached to an aromatic ring is 1. The average Bonchev–Trinajstić information content (AvgIpc) is 3.54. The zero-order chi connectivity index (χ0) is 26.3. The van der Waals surface area contributed by atoms with Crippen molar-refractivity contribution in [1.29, 1.82) is 0 Å². The predicted molar refractivity (Wildman–Crippen MR) is 127 cm³/mol. The Morgan fingerprint density at radius 2 is 2.05 bits per heavy atom. The van der Waals surface area contributed by atoms with E-state index in [0.29, 0.717) is 28.0 Å². The van der Waals surface area contributed by atoms with Gasteiger partial charge in [-0.2, -0.15) is 5.10 Å². The van der Waals surface area contributed by atoms with Gasteiger partial charge in [0.1, 0.15) is 35.8 Å². The first-order valence-electron chi connectivity index (χ1n) is 11.1. The van der Waals surface area contributed by atoms with E-state index in [1.54, 1.807) is 30.2 Å². The Morgan fingerprint density at radius 3 is 2.78 bits per heavy atom. The van der Waals surface area contributed by atoms with Crippen LogP contribution >= 0.6 is 0 Å². The summed E-state index contributed by atoms with van der Waals surface area (Å²) in [6, 6.07) is 4.58. The lowest BCUT2D eigenvalue weighted by molar-refractivity contribution is -0.132.